The fourth-order valence-corrected chi connectivity index (χ4v) is 1.44. The number of amides is 1. The summed E-state index contributed by atoms with van der Waals surface area (Å²) in [5.41, 5.74) is 5.19. The quantitative estimate of drug-likeness (QED) is 0.838. The first-order valence-electron chi connectivity index (χ1n) is 4.69. The molecule has 0 saturated carbocycles. The molecule has 0 spiro atoms. The molecular weight excluding hydrogens is 282 g/mol. The van der Waals surface area contributed by atoms with Gasteiger partial charge < -0.3 is 11.1 Å². The molecule has 1 rings (SSSR count). The van der Waals surface area contributed by atoms with E-state index in [0.717, 1.165) is 0 Å². The number of hydrogen-bond donors (Lipinski definition) is 2. The van der Waals surface area contributed by atoms with Gasteiger partial charge in [0.25, 0.3) is 0 Å². The molecule has 88 valence electrons. The maximum Gasteiger partial charge on any atom is 0.224 e. The Labute approximate surface area is 100 Å². The molecule has 1 aromatic rings. The Bertz CT molecular complexity index is 399. The Kier molecular flexibility index (Phi) is 4.82. The Hall–Kier alpha value is -1.01. The van der Waals surface area contributed by atoms with E-state index in [4.69, 9.17) is 5.73 Å². The molecule has 0 atom stereocenters. The van der Waals surface area contributed by atoms with Crippen LogP contribution in [0.2, 0.25) is 0 Å². The molecule has 0 aliphatic heterocycles. The summed E-state index contributed by atoms with van der Waals surface area (Å²) in [6, 6.07) is 1.90. The van der Waals surface area contributed by atoms with E-state index in [9.17, 15) is 13.6 Å². The highest BCUT2D eigenvalue weighted by Crippen LogP contribution is 2.23. The second kappa shape index (κ2) is 5.91. The molecule has 3 N–H and O–H groups in total. The molecular formula is C10H11BrF2N2O. The largest absolute Gasteiger partial charge is 0.330 e. The van der Waals surface area contributed by atoms with Crippen molar-refractivity contribution in [1.82, 2.24) is 0 Å². The first kappa shape index (κ1) is 13.1. The zero-order valence-corrected chi connectivity index (χ0v) is 9.98. The number of nitrogens with one attached hydrogen (secondary N) is 1. The van der Waals surface area contributed by atoms with Crippen molar-refractivity contribution in [1.29, 1.82) is 0 Å². The third-order valence-electron chi connectivity index (χ3n) is 1.89. The van der Waals surface area contributed by atoms with Crippen LogP contribution in [0.3, 0.4) is 0 Å². The molecule has 0 fully saturated rings. The molecule has 0 aliphatic carbocycles. The van der Waals surface area contributed by atoms with Crippen molar-refractivity contribution < 1.29 is 13.6 Å². The van der Waals surface area contributed by atoms with Crippen LogP contribution in [0.1, 0.15) is 12.8 Å². The lowest BCUT2D eigenvalue weighted by Crippen LogP contribution is -2.14. The minimum Gasteiger partial charge on any atom is -0.330 e. The van der Waals surface area contributed by atoms with Crippen LogP contribution in [0.25, 0.3) is 0 Å². The normalized spacial score (nSPS) is 10.2. The van der Waals surface area contributed by atoms with Gasteiger partial charge >= 0.3 is 0 Å². The molecule has 0 radical (unpaired) electrons. The molecule has 0 unspecified atom stereocenters. The first-order valence-corrected chi connectivity index (χ1v) is 5.48. The molecule has 3 nitrogen and oxygen atoms in total. The van der Waals surface area contributed by atoms with E-state index in [1.54, 1.807) is 0 Å². The predicted molar refractivity (Wildman–Crippen MR) is 61.0 cm³/mol. The SMILES string of the molecule is NCCCC(=O)Nc1cc(Br)c(F)cc1F. The molecule has 0 aliphatic rings. The number of halogens is 3. The minimum absolute atomic E-state index is 0.0460. The number of anilines is 1. The zero-order chi connectivity index (χ0) is 12.1. The Morgan fingerprint density at radius 2 is 2.06 bits per heavy atom. The van der Waals surface area contributed by atoms with Crippen molar-refractivity contribution >= 4 is 27.5 Å². The van der Waals surface area contributed by atoms with Crippen molar-refractivity contribution in [2.24, 2.45) is 5.73 Å². The number of carbonyl (C=O) groups is 1. The van der Waals surface area contributed by atoms with Gasteiger partial charge in [-0.05, 0) is 35.0 Å². The van der Waals surface area contributed by atoms with Crippen LogP contribution in [0, 0.1) is 11.6 Å². The van der Waals surface area contributed by atoms with E-state index in [-0.39, 0.29) is 22.5 Å². The summed E-state index contributed by atoms with van der Waals surface area (Å²) in [6.45, 7) is 0.392. The van der Waals surface area contributed by atoms with Gasteiger partial charge in [-0.2, -0.15) is 0 Å². The number of nitrogens with two attached hydrogens (primary N) is 1. The topological polar surface area (TPSA) is 55.1 Å². The fraction of sp³-hybridized carbons (Fsp3) is 0.300. The fourth-order valence-electron chi connectivity index (χ4n) is 1.09. The van der Waals surface area contributed by atoms with E-state index in [0.29, 0.717) is 19.0 Å². The number of benzene rings is 1. The van der Waals surface area contributed by atoms with E-state index < -0.39 is 11.6 Å². The Balaban J connectivity index is 2.73. The molecule has 0 heterocycles. The van der Waals surface area contributed by atoms with Gasteiger partial charge in [-0.1, -0.05) is 0 Å². The van der Waals surface area contributed by atoms with Gasteiger partial charge in [0.05, 0.1) is 10.2 Å². The van der Waals surface area contributed by atoms with Crippen LogP contribution in [0.4, 0.5) is 14.5 Å². The smallest absolute Gasteiger partial charge is 0.224 e. The van der Waals surface area contributed by atoms with Gasteiger partial charge in [0.15, 0.2) is 0 Å². The summed E-state index contributed by atoms with van der Waals surface area (Å²) >= 11 is 2.91. The van der Waals surface area contributed by atoms with Gasteiger partial charge in [-0.3, -0.25) is 4.79 Å². The summed E-state index contributed by atoms with van der Waals surface area (Å²) < 4.78 is 26.2. The lowest BCUT2D eigenvalue weighted by molar-refractivity contribution is -0.116. The van der Waals surface area contributed by atoms with Gasteiger partial charge in [0.2, 0.25) is 5.91 Å². The van der Waals surface area contributed by atoms with Crippen molar-refractivity contribution in [3.8, 4) is 0 Å². The summed E-state index contributed by atoms with van der Waals surface area (Å²) in [5, 5.41) is 2.35. The molecule has 0 bridgehead atoms. The summed E-state index contributed by atoms with van der Waals surface area (Å²) in [5.74, 6) is -1.86. The maximum atomic E-state index is 13.2. The highest BCUT2D eigenvalue weighted by Gasteiger charge is 2.10. The molecule has 1 aromatic carbocycles. The third-order valence-corrected chi connectivity index (χ3v) is 2.50. The van der Waals surface area contributed by atoms with Crippen molar-refractivity contribution in [3.63, 3.8) is 0 Å². The van der Waals surface area contributed by atoms with Crippen molar-refractivity contribution in [2.45, 2.75) is 12.8 Å². The van der Waals surface area contributed by atoms with E-state index >= 15 is 0 Å². The highest BCUT2D eigenvalue weighted by molar-refractivity contribution is 9.10. The molecule has 6 heteroatoms. The monoisotopic (exact) mass is 292 g/mol. The Morgan fingerprint density at radius 3 is 2.69 bits per heavy atom. The second-order valence-electron chi connectivity index (χ2n) is 3.19. The van der Waals surface area contributed by atoms with E-state index in [1.165, 1.54) is 6.07 Å². The van der Waals surface area contributed by atoms with Gasteiger partial charge in [-0.15, -0.1) is 0 Å². The summed E-state index contributed by atoms with van der Waals surface area (Å²) in [7, 11) is 0. The van der Waals surface area contributed by atoms with Gasteiger partial charge in [0, 0.05) is 12.5 Å². The average molecular weight is 293 g/mol. The molecule has 1 amide bonds. The summed E-state index contributed by atoms with van der Waals surface area (Å²) in [6.07, 6.45) is 0.737. The van der Waals surface area contributed by atoms with Gasteiger partial charge in [0.1, 0.15) is 11.6 Å². The van der Waals surface area contributed by atoms with Gasteiger partial charge in [-0.25, -0.2) is 8.78 Å². The van der Waals surface area contributed by atoms with Crippen LogP contribution < -0.4 is 11.1 Å². The Morgan fingerprint density at radius 1 is 1.38 bits per heavy atom. The highest BCUT2D eigenvalue weighted by atomic mass is 79.9. The lowest BCUT2D eigenvalue weighted by atomic mass is 10.2. The molecule has 0 aromatic heterocycles. The predicted octanol–water partition coefficient (Wildman–Crippen LogP) is 2.40. The first-order chi connectivity index (χ1) is 7.54. The van der Waals surface area contributed by atoms with E-state index in [1.807, 2.05) is 0 Å². The van der Waals surface area contributed by atoms with Crippen LogP contribution in [-0.2, 0) is 4.79 Å². The second-order valence-corrected chi connectivity index (χ2v) is 4.04. The zero-order valence-electron chi connectivity index (χ0n) is 8.40. The van der Waals surface area contributed by atoms with Crippen LogP contribution in [0.5, 0.6) is 0 Å². The molecule has 0 saturated heterocycles. The van der Waals surface area contributed by atoms with Crippen LogP contribution >= 0.6 is 15.9 Å². The van der Waals surface area contributed by atoms with Crippen molar-refractivity contribution in [2.75, 3.05) is 11.9 Å². The maximum absolute atomic E-state index is 13.2. The average Bonchev–Trinajstić information content (AvgIpc) is 2.23. The number of hydrogen-bond acceptors (Lipinski definition) is 2. The number of carbonyl (C=O) groups excluding carboxylic acids is 1. The van der Waals surface area contributed by atoms with E-state index in [2.05, 4.69) is 21.2 Å². The van der Waals surface area contributed by atoms with Crippen LogP contribution in [-0.4, -0.2) is 12.5 Å². The number of rotatable bonds is 4. The lowest BCUT2D eigenvalue weighted by Gasteiger charge is -2.07. The summed E-state index contributed by atoms with van der Waals surface area (Å²) in [4.78, 5) is 11.3. The van der Waals surface area contributed by atoms with Crippen molar-refractivity contribution in [3.05, 3.63) is 28.2 Å². The molecule has 16 heavy (non-hydrogen) atoms. The minimum atomic E-state index is -0.804. The van der Waals surface area contributed by atoms with Crippen LogP contribution in [0.15, 0.2) is 16.6 Å². The standard InChI is InChI=1S/C10H11BrF2N2O/c11-6-4-9(8(13)5-7(6)12)15-10(16)2-1-3-14/h4-5H,1-3,14H2,(H,15,16). The third kappa shape index (κ3) is 3.53.